The highest BCUT2D eigenvalue weighted by atomic mass is 16.3. The minimum absolute atomic E-state index is 0.140. The van der Waals surface area contributed by atoms with Crippen molar-refractivity contribution >= 4 is 0 Å². The van der Waals surface area contributed by atoms with Crippen LogP contribution < -0.4 is 5.32 Å². The maximum atomic E-state index is 9.27. The van der Waals surface area contributed by atoms with E-state index in [2.05, 4.69) is 31.0 Å². The third-order valence-electron chi connectivity index (χ3n) is 2.10. The average Bonchev–Trinajstić information content (AvgIpc) is 2.00. The van der Waals surface area contributed by atoms with Crippen LogP contribution >= 0.6 is 0 Å². The highest BCUT2D eigenvalue weighted by Gasteiger charge is 2.23. The fourth-order valence-electron chi connectivity index (χ4n) is 1.36. The summed E-state index contributed by atoms with van der Waals surface area (Å²) in [4.78, 5) is 2.13. The molecule has 13 heavy (non-hydrogen) atoms. The van der Waals surface area contributed by atoms with E-state index in [0.29, 0.717) is 6.04 Å². The fraction of sp³-hybridized carbons (Fsp3) is 1.00. The first-order chi connectivity index (χ1) is 5.89. The van der Waals surface area contributed by atoms with E-state index >= 15 is 0 Å². The normalized spacial score (nSPS) is 16.6. The van der Waals surface area contributed by atoms with Crippen LogP contribution in [0.4, 0.5) is 0 Å². The van der Waals surface area contributed by atoms with Gasteiger partial charge in [0.2, 0.25) is 0 Å². The van der Waals surface area contributed by atoms with Crippen molar-refractivity contribution in [1.82, 2.24) is 10.2 Å². The number of hydrogen-bond donors (Lipinski definition) is 2. The second kappa shape index (κ2) is 5.58. The molecule has 0 amide bonds. The Kier molecular flexibility index (Phi) is 5.53. The van der Waals surface area contributed by atoms with Crippen LogP contribution in [-0.4, -0.2) is 48.8 Å². The molecule has 0 saturated heterocycles. The topological polar surface area (TPSA) is 35.5 Å². The zero-order valence-electron chi connectivity index (χ0n) is 9.59. The molecule has 1 unspecified atom stereocenters. The summed E-state index contributed by atoms with van der Waals surface area (Å²) in [7, 11) is 4.10. The van der Waals surface area contributed by atoms with Crippen molar-refractivity contribution in [3.63, 3.8) is 0 Å². The summed E-state index contributed by atoms with van der Waals surface area (Å²) < 4.78 is 0. The lowest BCUT2D eigenvalue weighted by Gasteiger charge is -2.32. The largest absolute Gasteiger partial charge is 0.394 e. The smallest absolute Gasteiger partial charge is 0.0611 e. The van der Waals surface area contributed by atoms with Crippen molar-refractivity contribution in [3.8, 4) is 0 Å². The van der Waals surface area contributed by atoms with E-state index in [1.54, 1.807) is 0 Å². The number of nitrogens with zero attached hydrogens (tertiary/aromatic N) is 1. The first-order valence-corrected chi connectivity index (χ1v) is 4.93. The van der Waals surface area contributed by atoms with E-state index < -0.39 is 0 Å². The van der Waals surface area contributed by atoms with Crippen LogP contribution in [0.15, 0.2) is 0 Å². The summed E-state index contributed by atoms with van der Waals surface area (Å²) >= 11 is 0. The molecular formula is C10H24N2O. The molecule has 0 bridgehead atoms. The number of aliphatic hydroxyl groups excluding tert-OH is 1. The van der Waals surface area contributed by atoms with Gasteiger partial charge < -0.3 is 15.3 Å². The molecule has 0 aromatic rings. The SMILES string of the molecule is CC(C)NC(C)(CO)CCN(C)C. The molecule has 1 atom stereocenters. The van der Waals surface area contributed by atoms with Crippen LogP contribution in [0, 0.1) is 0 Å². The standard InChI is InChI=1S/C10H24N2O/c1-9(2)11-10(3,8-13)6-7-12(4)5/h9,11,13H,6-8H2,1-5H3. The van der Waals surface area contributed by atoms with Gasteiger partial charge >= 0.3 is 0 Å². The second-order valence-corrected chi connectivity index (χ2v) is 4.57. The van der Waals surface area contributed by atoms with Gasteiger partial charge in [-0.1, -0.05) is 13.8 Å². The van der Waals surface area contributed by atoms with Crippen LogP contribution in [0.5, 0.6) is 0 Å². The zero-order chi connectivity index (χ0) is 10.5. The molecule has 0 fully saturated rings. The van der Waals surface area contributed by atoms with Gasteiger partial charge in [-0.05, 0) is 34.0 Å². The molecule has 0 heterocycles. The average molecular weight is 188 g/mol. The molecule has 0 aromatic heterocycles. The molecule has 0 aliphatic carbocycles. The number of aliphatic hydroxyl groups is 1. The van der Waals surface area contributed by atoms with E-state index in [0.717, 1.165) is 13.0 Å². The van der Waals surface area contributed by atoms with E-state index in [4.69, 9.17) is 0 Å². The predicted octanol–water partition coefficient (Wildman–Crippen LogP) is 0.687. The van der Waals surface area contributed by atoms with Crippen LogP contribution in [-0.2, 0) is 0 Å². The minimum Gasteiger partial charge on any atom is -0.394 e. The van der Waals surface area contributed by atoms with Gasteiger partial charge in [-0.15, -0.1) is 0 Å². The molecule has 0 aliphatic rings. The molecule has 0 aliphatic heterocycles. The molecule has 80 valence electrons. The Balaban J connectivity index is 3.96. The summed E-state index contributed by atoms with van der Waals surface area (Å²) in [6.45, 7) is 7.46. The Bertz CT molecular complexity index is 137. The summed E-state index contributed by atoms with van der Waals surface area (Å²) in [5.41, 5.74) is -0.140. The molecule has 0 radical (unpaired) electrons. The monoisotopic (exact) mass is 188 g/mol. The number of hydrogen-bond acceptors (Lipinski definition) is 3. The summed E-state index contributed by atoms with van der Waals surface area (Å²) in [5, 5.41) is 12.7. The Morgan fingerprint density at radius 2 is 1.92 bits per heavy atom. The Hall–Kier alpha value is -0.120. The van der Waals surface area contributed by atoms with Crippen molar-refractivity contribution in [2.45, 2.75) is 38.8 Å². The highest BCUT2D eigenvalue weighted by molar-refractivity contribution is 4.84. The lowest BCUT2D eigenvalue weighted by molar-refractivity contribution is 0.147. The minimum atomic E-state index is -0.140. The first-order valence-electron chi connectivity index (χ1n) is 4.93. The maximum Gasteiger partial charge on any atom is 0.0611 e. The van der Waals surface area contributed by atoms with Crippen molar-refractivity contribution < 1.29 is 5.11 Å². The number of rotatable bonds is 6. The van der Waals surface area contributed by atoms with E-state index in [1.165, 1.54) is 0 Å². The molecular weight excluding hydrogens is 164 g/mol. The zero-order valence-corrected chi connectivity index (χ0v) is 9.59. The van der Waals surface area contributed by atoms with E-state index in [1.807, 2.05) is 14.1 Å². The van der Waals surface area contributed by atoms with Crippen molar-refractivity contribution in [2.75, 3.05) is 27.2 Å². The van der Waals surface area contributed by atoms with Gasteiger partial charge in [0, 0.05) is 11.6 Å². The molecule has 0 spiro atoms. The van der Waals surface area contributed by atoms with Gasteiger partial charge in [0.1, 0.15) is 0 Å². The van der Waals surface area contributed by atoms with Gasteiger partial charge in [0.05, 0.1) is 6.61 Å². The van der Waals surface area contributed by atoms with Crippen molar-refractivity contribution in [2.24, 2.45) is 0 Å². The third kappa shape index (κ3) is 6.02. The van der Waals surface area contributed by atoms with Crippen LogP contribution in [0.3, 0.4) is 0 Å². The molecule has 3 heteroatoms. The van der Waals surface area contributed by atoms with Gasteiger partial charge in [-0.25, -0.2) is 0 Å². The Morgan fingerprint density at radius 3 is 2.23 bits per heavy atom. The second-order valence-electron chi connectivity index (χ2n) is 4.57. The van der Waals surface area contributed by atoms with Gasteiger partial charge in [-0.2, -0.15) is 0 Å². The predicted molar refractivity (Wildman–Crippen MR) is 56.9 cm³/mol. The molecule has 0 rings (SSSR count). The summed E-state index contributed by atoms with van der Waals surface area (Å²) in [6, 6.07) is 0.416. The lowest BCUT2D eigenvalue weighted by atomic mass is 9.97. The van der Waals surface area contributed by atoms with Gasteiger partial charge in [0.25, 0.3) is 0 Å². The van der Waals surface area contributed by atoms with Crippen LogP contribution in [0.2, 0.25) is 0 Å². The molecule has 0 aromatic carbocycles. The van der Waals surface area contributed by atoms with Crippen LogP contribution in [0.25, 0.3) is 0 Å². The third-order valence-corrected chi connectivity index (χ3v) is 2.10. The van der Waals surface area contributed by atoms with Gasteiger partial charge in [0.15, 0.2) is 0 Å². The summed E-state index contributed by atoms with van der Waals surface area (Å²) in [6.07, 6.45) is 0.967. The van der Waals surface area contributed by atoms with Crippen molar-refractivity contribution in [3.05, 3.63) is 0 Å². The lowest BCUT2D eigenvalue weighted by Crippen LogP contribution is -2.50. The highest BCUT2D eigenvalue weighted by Crippen LogP contribution is 2.10. The Labute approximate surface area is 82.1 Å². The van der Waals surface area contributed by atoms with Gasteiger partial charge in [-0.3, -0.25) is 0 Å². The Morgan fingerprint density at radius 1 is 1.38 bits per heavy atom. The summed E-state index contributed by atoms with van der Waals surface area (Å²) in [5.74, 6) is 0. The quantitative estimate of drug-likeness (QED) is 0.643. The fourth-order valence-corrected chi connectivity index (χ4v) is 1.36. The molecule has 3 nitrogen and oxygen atoms in total. The number of nitrogens with one attached hydrogen (secondary N) is 1. The van der Waals surface area contributed by atoms with E-state index in [9.17, 15) is 5.11 Å². The van der Waals surface area contributed by atoms with Crippen molar-refractivity contribution in [1.29, 1.82) is 0 Å². The van der Waals surface area contributed by atoms with Crippen LogP contribution in [0.1, 0.15) is 27.2 Å². The maximum absolute atomic E-state index is 9.27. The molecule has 2 N–H and O–H groups in total. The van der Waals surface area contributed by atoms with E-state index in [-0.39, 0.29) is 12.1 Å². The molecule has 0 saturated carbocycles. The first kappa shape index (κ1) is 12.9.